The number of halogens is 4. The van der Waals surface area contributed by atoms with E-state index in [4.69, 9.17) is 11.6 Å². The van der Waals surface area contributed by atoms with Gasteiger partial charge in [0.15, 0.2) is 17.5 Å². The van der Waals surface area contributed by atoms with Crippen molar-refractivity contribution in [2.24, 2.45) is 0 Å². The lowest BCUT2D eigenvalue weighted by Crippen LogP contribution is -1.99. The van der Waals surface area contributed by atoms with Gasteiger partial charge in [0.1, 0.15) is 0 Å². The summed E-state index contributed by atoms with van der Waals surface area (Å²) in [5, 5.41) is 3.23. The second-order valence-corrected chi connectivity index (χ2v) is 4.91. The van der Waals surface area contributed by atoms with E-state index in [0.717, 1.165) is 17.7 Å². The zero-order valence-electron chi connectivity index (χ0n) is 8.59. The molecule has 0 bridgehead atoms. The number of rotatable bonds is 3. The van der Waals surface area contributed by atoms with Crippen LogP contribution in [0.15, 0.2) is 29.0 Å². The highest BCUT2D eigenvalue weighted by Crippen LogP contribution is 2.28. The Morgan fingerprint density at radius 3 is 2.35 bits per heavy atom. The van der Waals surface area contributed by atoms with Gasteiger partial charge in [-0.2, -0.15) is 11.3 Å². The van der Waals surface area contributed by atoms with E-state index in [-0.39, 0.29) is 5.56 Å². The van der Waals surface area contributed by atoms with Crippen LogP contribution in [0.25, 0.3) is 0 Å². The molecule has 0 fully saturated rings. The van der Waals surface area contributed by atoms with E-state index < -0.39 is 22.8 Å². The third-order valence-corrected chi connectivity index (χ3v) is 3.50. The molecule has 0 nitrogen and oxygen atoms in total. The Bertz CT molecular complexity index is 487. The zero-order valence-corrected chi connectivity index (χ0v) is 10.2. The van der Waals surface area contributed by atoms with Crippen LogP contribution in [0.1, 0.15) is 16.5 Å². The molecule has 1 unspecified atom stereocenters. The predicted molar refractivity (Wildman–Crippen MR) is 62.9 cm³/mol. The van der Waals surface area contributed by atoms with Crippen molar-refractivity contribution in [1.82, 2.24) is 0 Å². The fraction of sp³-hybridized carbons (Fsp3) is 0.167. The van der Waals surface area contributed by atoms with Crippen LogP contribution in [-0.2, 0) is 6.42 Å². The van der Waals surface area contributed by atoms with Gasteiger partial charge in [-0.3, -0.25) is 0 Å². The van der Waals surface area contributed by atoms with Gasteiger partial charge >= 0.3 is 0 Å². The molecule has 1 aromatic heterocycles. The van der Waals surface area contributed by atoms with Gasteiger partial charge in [0.2, 0.25) is 0 Å². The summed E-state index contributed by atoms with van der Waals surface area (Å²) in [6.45, 7) is 0. The molecule has 2 aromatic rings. The summed E-state index contributed by atoms with van der Waals surface area (Å²) in [7, 11) is 0. The highest BCUT2D eigenvalue weighted by atomic mass is 35.5. The molecule has 1 heterocycles. The van der Waals surface area contributed by atoms with Crippen LogP contribution in [0.2, 0.25) is 0 Å². The van der Waals surface area contributed by atoms with E-state index in [2.05, 4.69) is 0 Å². The molecule has 1 aromatic carbocycles. The van der Waals surface area contributed by atoms with E-state index in [1.807, 2.05) is 16.8 Å². The molecule has 2 rings (SSSR count). The van der Waals surface area contributed by atoms with Crippen molar-refractivity contribution in [2.45, 2.75) is 11.8 Å². The molecule has 90 valence electrons. The molecule has 0 spiro atoms. The molecular weight excluding hydrogens is 269 g/mol. The molecule has 0 saturated heterocycles. The maximum Gasteiger partial charge on any atom is 0.194 e. The Labute approximate surface area is 106 Å². The van der Waals surface area contributed by atoms with Crippen LogP contribution in [0.5, 0.6) is 0 Å². The molecule has 17 heavy (non-hydrogen) atoms. The number of thiophene rings is 1. The molecule has 0 aliphatic rings. The first kappa shape index (κ1) is 12.5. The Hall–Kier alpha value is -1.00. The highest BCUT2D eigenvalue weighted by molar-refractivity contribution is 7.07. The van der Waals surface area contributed by atoms with Crippen molar-refractivity contribution in [1.29, 1.82) is 0 Å². The second-order valence-electron chi connectivity index (χ2n) is 3.60. The Kier molecular flexibility index (Phi) is 3.74. The van der Waals surface area contributed by atoms with Crippen molar-refractivity contribution in [3.8, 4) is 0 Å². The highest BCUT2D eigenvalue weighted by Gasteiger charge is 2.16. The average molecular weight is 277 g/mol. The molecule has 0 aliphatic carbocycles. The van der Waals surface area contributed by atoms with Crippen molar-refractivity contribution >= 4 is 22.9 Å². The van der Waals surface area contributed by atoms with Crippen LogP contribution >= 0.6 is 22.9 Å². The Morgan fingerprint density at radius 1 is 1.18 bits per heavy atom. The maximum absolute atomic E-state index is 13.0. The first-order valence-corrected chi connectivity index (χ1v) is 6.25. The van der Waals surface area contributed by atoms with Crippen LogP contribution in [0.4, 0.5) is 13.2 Å². The van der Waals surface area contributed by atoms with Gasteiger partial charge in [-0.05, 0) is 46.5 Å². The van der Waals surface area contributed by atoms with Gasteiger partial charge < -0.3 is 0 Å². The average Bonchev–Trinajstić information content (AvgIpc) is 2.77. The first-order chi connectivity index (χ1) is 8.08. The van der Waals surface area contributed by atoms with Gasteiger partial charge in [-0.25, -0.2) is 13.2 Å². The molecule has 0 N–H and O–H groups in total. The molecule has 1 atom stereocenters. The van der Waals surface area contributed by atoms with Gasteiger partial charge in [-0.15, -0.1) is 11.6 Å². The lowest BCUT2D eigenvalue weighted by atomic mass is 10.1. The summed E-state index contributed by atoms with van der Waals surface area (Å²) in [4.78, 5) is 0. The summed E-state index contributed by atoms with van der Waals surface area (Å²) < 4.78 is 38.8. The molecule has 5 heteroatoms. The van der Waals surface area contributed by atoms with Crippen molar-refractivity contribution < 1.29 is 13.2 Å². The summed E-state index contributed by atoms with van der Waals surface area (Å²) in [6.07, 6.45) is 0.454. The van der Waals surface area contributed by atoms with E-state index in [1.54, 1.807) is 0 Å². The fourth-order valence-corrected chi connectivity index (χ4v) is 2.48. The molecular formula is C12H8ClF3S. The lowest BCUT2D eigenvalue weighted by Gasteiger charge is -2.09. The van der Waals surface area contributed by atoms with Crippen molar-refractivity contribution in [2.75, 3.05) is 0 Å². The summed E-state index contributed by atoms with van der Waals surface area (Å²) in [5.41, 5.74) is 1.23. The van der Waals surface area contributed by atoms with Crippen molar-refractivity contribution in [3.63, 3.8) is 0 Å². The minimum atomic E-state index is -1.46. The minimum absolute atomic E-state index is 0.245. The normalized spacial score (nSPS) is 12.7. The van der Waals surface area contributed by atoms with E-state index in [9.17, 15) is 13.2 Å². The smallest absolute Gasteiger partial charge is 0.194 e. The summed E-state index contributed by atoms with van der Waals surface area (Å²) in [6, 6.07) is 3.75. The Morgan fingerprint density at radius 2 is 1.82 bits per heavy atom. The van der Waals surface area contributed by atoms with E-state index in [1.165, 1.54) is 11.3 Å². The zero-order chi connectivity index (χ0) is 12.4. The third kappa shape index (κ3) is 2.82. The van der Waals surface area contributed by atoms with Crippen LogP contribution in [0, 0.1) is 17.5 Å². The quantitative estimate of drug-likeness (QED) is 0.564. The second kappa shape index (κ2) is 5.10. The summed E-state index contributed by atoms with van der Waals surface area (Å²) >= 11 is 7.56. The topological polar surface area (TPSA) is 0 Å². The van der Waals surface area contributed by atoms with Crippen LogP contribution in [-0.4, -0.2) is 0 Å². The van der Waals surface area contributed by atoms with E-state index >= 15 is 0 Å². The largest absolute Gasteiger partial charge is 0.204 e. The number of benzene rings is 1. The first-order valence-electron chi connectivity index (χ1n) is 4.87. The van der Waals surface area contributed by atoms with Crippen LogP contribution in [0.3, 0.4) is 0 Å². The molecule has 0 saturated carbocycles. The van der Waals surface area contributed by atoms with E-state index in [0.29, 0.717) is 6.42 Å². The third-order valence-electron chi connectivity index (χ3n) is 2.36. The fourth-order valence-electron chi connectivity index (χ4n) is 1.49. The lowest BCUT2D eigenvalue weighted by molar-refractivity contribution is 0.445. The number of hydrogen-bond donors (Lipinski definition) is 0. The van der Waals surface area contributed by atoms with Gasteiger partial charge in [0.25, 0.3) is 0 Å². The number of alkyl halides is 1. The van der Waals surface area contributed by atoms with Gasteiger partial charge in [0.05, 0.1) is 5.38 Å². The van der Waals surface area contributed by atoms with Gasteiger partial charge in [0, 0.05) is 0 Å². The SMILES string of the molecule is Fc1cc(C(Cl)Cc2ccsc2)cc(F)c1F. The van der Waals surface area contributed by atoms with Crippen LogP contribution < -0.4 is 0 Å². The Balaban J connectivity index is 2.22. The standard InChI is InChI=1S/C12H8ClF3S/c13-9(3-7-1-2-17-6-7)8-4-10(14)12(16)11(15)5-8/h1-2,4-6,9H,3H2. The monoisotopic (exact) mass is 276 g/mol. The minimum Gasteiger partial charge on any atom is -0.204 e. The van der Waals surface area contributed by atoms with Crippen molar-refractivity contribution in [3.05, 3.63) is 57.5 Å². The molecule has 0 aliphatic heterocycles. The molecule has 0 radical (unpaired) electrons. The number of hydrogen-bond acceptors (Lipinski definition) is 1. The summed E-state index contributed by atoms with van der Waals surface area (Å²) in [5.74, 6) is -3.89. The predicted octanol–water partition coefficient (Wildman–Crippen LogP) is 4.69. The van der Waals surface area contributed by atoms with Gasteiger partial charge in [-0.1, -0.05) is 0 Å². The molecule has 0 amide bonds. The maximum atomic E-state index is 13.0.